The Hall–Kier alpha value is -2.68. The molecule has 0 saturated carbocycles. The Kier molecular flexibility index (Phi) is 3.76. The summed E-state index contributed by atoms with van der Waals surface area (Å²) in [6, 6.07) is 16.6. The summed E-state index contributed by atoms with van der Waals surface area (Å²) < 4.78 is 4.29. The zero-order valence-corrected chi connectivity index (χ0v) is 13.1. The van der Waals surface area contributed by atoms with Gasteiger partial charge in [-0.1, -0.05) is 24.3 Å². The van der Waals surface area contributed by atoms with Crippen molar-refractivity contribution in [1.82, 2.24) is 9.78 Å². The molecule has 1 aliphatic rings. The lowest BCUT2D eigenvalue weighted by atomic mass is 9.92. The molecule has 2 heterocycles. The third kappa shape index (κ3) is 2.82. The van der Waals surface area contributed by atoms with E-state index in [1.165, 1.54) is 23.3 Å². The summed E-state index contributed by atoms with van der Waals surface area (Å²) in [5.74, 6) is 0. The zero-order chi connectivity index (χ0) is 15.5. The van der Waals surface area contributed by atoms with E-state index in [1.807, 2.05) is 18.3 Å². The van der Waals surface area contributed by atoms with E-state index < -0.39 is 0 Å². The normalized spacial score (nSPS) is 15.6. The second-order valence-electron chi connectivity index (χ2n) is 5.91. The number of hydrogen-bond donors (Lipinski definition) is 0. The molecule has 4 rings (SSSR count). The van der Waals surface area contributed by atoms with Crippen LogP contribution in [-0.4, -0.2) is 9.78 Å². The third-order valence-corrected chi connectivity index (χ3v) is 4.40. The van der Waals surface area contributed by atoms with Crippen molar-refractivity contribution in [3.63, 3.8) is 0 Å². The summed E-state index contributed by atoms with van der Waals surface area (Å²) >= 11 is 0. The summed E-state index contributed by atoms with van der Waals surface area (Å²) in [6.07, 6.45) is 12.0. The van der Waals surface area contributed by atoms with Gasteiger partial charge in [0.15, 0.2) is 18.9 Å². The highest BCUT2D eigenvalue weighted by atomic mass is 15.3. The molecule has 3 aromatic rings. The van der Waals surface area contributed by atoms with Crippen LogP contribution in [0, 0.1) is 0 Å². The molecule has 1 aromatic carbocycles. The van der Waals surface area contributed by atoms with E-state index in [4.69, 9.17) is 0 Å². The van der Waals surface area contributed by atoms with E-state index in [-0.39, 0.29) is 0 Å². The molecule has 1 aliphatic carbocycles. The highest BCUT2D eigenvalue weighted by Crippen LogP contribution is 2.31. The Bertz CT molecular complexity index is 817. The molecule has 3 heteroatoms. The van der Waals surface area contributed by atoms with E-state index in [9.17, 15) is 0 Å². The quantitative estimate of drug-likeness (QED) is 0.678. The van der Waals surface area contributed by atoms with Crippen molar-refractivity contribution in [1.29, 1.82) is 0 Å². The lowest BCUT2D eigenvalue weighted by Crippen LogP contribution is -2.31. The lowest BCUT2D eigenvalue weighted by Gasteiger charge is -2.16. The van der Waals surface area contributed by atoms with E-state index in [0.717, 1.165) is 25.1 Å². The molecule has 0 amide bonds. The van der Waals surface area contributed by atoms with E-state index in [0.29, 0.717) is 0 Å². The molecule has 0 fully saturated rings. The first kappa shape index (κ1) is 13.9. The molecule has 2 aromatic heterocycles. The lowest BCUT2D eigenvalue weighted by molar-refractivity contribution is -0.686. The van der Waals surface area contributed by atoms with Gasteiger partial charge in [-0.25, -0.2) is 9.25 Å². The van der Waals surface area contributed by atoms with Crippen LogP contribution >= 0.6 is 0 Å². The van der Waals surface area contributed by atoms with Gasteiger partial charge in [-0.2, -0.15) is 5.10 Å². The topological polar surface area (TPSA) is 21.7 Å². The molecule has 3 nitrogen and oxygen atoms in total. The van der Waals surface area contributed by atoms with Crippen molar-refractivity contribution in [3.05, 3.63) is 84.5 Å². The maximum Gasteiger partial charge on any atom is 0.169 e. The molecular weight excluding hydrogens is 282 g/mol. The largest absolute Gasteiger partial charge is 0.237 e. The van der Waals surface area contributed by atoms with Crippen molar-refractivity contribution >= 4 is 5.57 Å². The van der Waals surface area contributed by atoms with Crippen LogP contribution in [0.15, 0.2) is 73.2 Å². The molecule has 114 valence electrons. The summed E-state index contributed by atoms with van der Waals surface area (Å²) in [5, 5.41) is 4.64. The monoisotopic (exact) mass is 302 g/mol. The minimum Gasteiger partial charge on any atom is -0.237 e. The fourth-order valence-corrected chi connectivity index (χ4v) is 3.24. The predicted molar refractivity (Wildman–Crippen MR) is 91.1 cm³/mol. The smallest absolute Gasteiger partial charge is 0.169 e. The van der Waals surface area contributed by atoms with Crippen molar-refractivity contribution in [3.8, 4) is 5.69 Å². The molecule has 0 aliphatic heterocycles. The van der Waals surface area contributed by atoms with Gasteiger partial charge in [0.1, 0.15) is 0 Å². The SMILES string of the molecule is C(/C[n+]1ccccc1)=C1/CCCc2c1cnn2-c1ccccc1. The van der Waals surface area contributed by atoms with Gasteiger partial charge in [-0.15, -0.1) is 0 Å². The first-order valence-electron chi connectivity index (χ1n) is 8.17. The maximum atomic E-state index is 4.64. The van der Waals surface area contributed by atoms with Gasteiger partial charge >= 0.3 is 0 Å². The average molecular weight is 302 g/mol. The minimum absolute atomic E-state index is 0.909. The van der Waals surface area contributed by atoms with Gasteiger partial charge in [0.2, 0.25) is 0 Å². The number of benzene rings is 1. The summed E-state index contributed by atoms with van der Waals surface area (Å²) in [4.78, 5) is 0. The predicted octanol–water partition coefficient (Wildman–Crippen LogP) is 3.58. The Morgan fingerprint density at radius 3 is 2.61 bits per heavy atom. The number of para-hydroxylation sites is 1. The number of fused-ring (bicyclic) bond motifs is 1. The Labute approximate surface area is 136 Å². The number of aromatic nitrogens is 3. The van der Waals surface area contributed by atoms with Crippen molar-refractivity contribution in [2.45, 2.75) is 25.8 Å². The molecule has 0 N–H and O–H groups in total. The van der Waals surface area contributed by atoms with Gasteiger partial charge in [0, 0.05) is 17.7 Å². The second-order valence-corrected chi connectivity index (χ2v) is 5.91. The van der Waals surface area contributed by atoms with Gasteiger partial charge < -0.3 is 0 Å². The van der Waals surface area contributed by atoms with Gasteiger partial charge in [-0.05, 0) is 43.0 Å². The molecule has 0 spiro atoms. The van der Waals surface area contributed by atoms with Crippen LogP contribution in [0.2, 0.25) is 0 Å². The summed E-state index contributed by atoms with van der Waals surface area (Å²) in [5.41, 5.74) is 5.22. The van der Waals surface area contributed by atoms with Crippen LogP contribution in [0.25, 0.3) is 11.3 Å². The standard InChI is InChI=1S/C20H20N3/c1-3-9-18(10-4-1)23-20-11-7-8-17(19(20)16-21-23)12-15-22-13-5-2-6-14-22/h1-6,9-10,12-14,16H,7-8,11,15H2/q+1/b17-12+. The summed E-state index contributed by atoms with van der Waals surface area (Å²) in [7, 11) is 0. The first-order chi connectivity index (χ1) is 11.4. The number of nitrogens with zero attached hydrogens (tertiary/aromatic N) is 3. The summed E-state index contributed by atoms with van der Waals surface area (Å²) in [6.45, 7) is 0.909. The molecule has 0 unspecified atom stereocenters. The molecule has 0 radical (unpaired) electrons. The average Bonchev–Trinajstić information content (AvgIpc) is 3.06. The second kappa shape index (κ2) is 6.21. The number of allylic oxidation sites excluding steroid dienone is 2. The zero-order valence-electron chi connectivity index (χ0n) is 13.1. The van der Waals surface area contributed by atoms with Crippen LogP contribution in [0.3, 0.4) is 0 Å². The van der Waals surface area contributed by atoms with Crippen LogP contribution in [0.1, 0.15) is 24.1 Å². The number of rotatable bonds is 3. The fraction of sp³-hybridized carbons (Fsp3) is 0.200. The minimum atomic E-state index is 0.909. The number of pyridine rings is 1. The molecule has 0 atom stereocenters. The molecular formula is C20H20N3+. The van der Waals surface area contributed by atoms with E-state index >= 15 is 0 Å². The molecule has 0 saturated heterocycles. The van der Waals surface area contributed by atoms with Crippen LogP contribution < -0.4 is 4.57 Å². The van der Waals surface area contributed by atoms with E-state index in [1.54, 1.807) is 0 Å². The van der Waals surface area contributed by atoms with Gasteiger partial charge in [-0.3, -0.25) is 0 Å². The highest BCUT2D eigenvalue weighted by molar-refractivity contribution is 5.69. The maximum absolute atomic E-state index is 4.64. The first-order valence-corrected chi connectivity index (χ1v) is 8.17. The molecule has 0 bridgehead atoms. The van der Waals surface area contributed by atoms with Crippen LogP contribution in [0.4, 0.5) is 0 Å². The Morgan fingerprint density at radius 2 is 1.78 bits per heavy atom. The fourth-order valence-electron chi connectivity index (χ4n) is 3.24. The van der Waals surface area contributed by atoms with Crippen molar-refractivity contribution < 1.29 is 4.57 Å². The Morgan fingerprint density at radius 1 is 1.00 bits per heavy atom. The highest BCUT2D eigenvalue weighted by Gasteiger charge is 2.20. The van der Waals surface area contributed by atoms with E-state index in [2.05, 4.69) is 69.2 Å². The van der Waals surface area contributed by atoms with Crippen LogP contribution in [0.5, 0.6) is 0 Å². The van der Waals surface area contributed by atoms with Gasteiger partial charge in [0.05, 0.1) is 17.6 Å². The van der Waals surface area contributed by atoms with Crippen molar-refractivity contribution in [2.24, 2.45) is 0 Å². The molecule has 23 heavy (non-hydrogen) atoms. The van der Waals surface area contributed by atoms with Crippen molar-refractivity contribution in [2.75, 3.05) is 0 Å². The number of hydrogen-bond acceptors (Lipinski definition) is 1. The Balaban J connectivity index is 1.66. The van der Waals surface area contributed by atoms with Crippen LogP contribution in [-0.2, 0) is 13.0 Å². The third-order valence-electron chi connectivity index (χ3n) is 4.40. The van der Waals surface area contributed by atoms with Gasteiger partial charge in [0.25, 0.3) is 0 Å².